The molecule has 0 aliphatic carbocycles. The minimum atomic E-state index is -0.171. The quantitative estimate of drug-likeness (QED) is 0.672. The summed E-state index contributed by atoms with van der Waals surface area (Å²) in [6.45, 7) is 1.94. The molecule has 2 aromatic carbocycles. The normalized spacial score (nSPS) is 11.5. The monoisotopic (exact) mass is 417 g/mol. The highest BCUT2D eigenvalue weighted by atomic mass is 79.9. The van der Waals surface area contributed by atoms with E-state index in [0.29, 0.717) is 0 Å². The molecule has 4 nitrogen and oxygen atoms in total. The molecule has 124 valence electrons. The molecule has 0 amide bonds. The highest BCUT2D eigenvalue weighted by Crippen LogP contribution is 2.36. The lowest BCUT2D eigenvalue weighted by Gasteiger charge is -2.13. The van der Waals surface area contributed by atoms with Gasteiger partial charge in [-0.25, -0.2) is 4.98 Å². The third-order valence-electron chi connectivity index (χ3n) is 3.39. The van der Waals surface area contributed by atoms with Crippen LogP contribution in [-0.2, 0) is 0 Å². The molecule has 0 unspecified atom stereocenters. The molecule has 7 heteroatoms. The number of ether oxygens (including phenoxy) is 1. The van der Waals surface area contributed by atoms with Crippen LogP contribution < -0.4 is 10.5 Å². The second-order valence-electron chi connectivity index (χ2n) is 4.88. The zero-order chi connectivity index (χ0) is 15.0. The molecular weight excluding hydrogens is 401 g/mol. The number of imidazole rings is 1. The van der Waals surface area contributed by atoms with Crippen LogP contribution in [0.15, 0.2) is 46.9 Å². The van der Waals surface area contributed by atoms with E-state index in [1.165, 1.54) is 0 Å². The number of rotatable bonds is 3. The maximum atomic E-state index is 6.11. The Morgan fingerprint density at radius 1 is 1.13 bits per heavy atom. The third-order valence-corrected chi connectivity index (χ3v) is 4.16. The van der Waals surface area contributed by atoms with E-state index in [-0.39, 0.29) is 30.9 Å². The van der Waals surface area contributed by atoms with Crippen molar-refractivity contribution in [3.05, 3.63) is 52.8 Å². The molecule has 3 aromatic rings. The third kappa shape index (κ3) is 3.48. The Balaban J connectivity index is 0.00000132. The Hall–Kier alpha value is -1.27. The maximum absolute atomic E-state index is 6.11. The minimum absolute atomic E-state index is 0. The molecular formula is C16H18BrCl2N3O. The number of aromatic nitrogens is 2. The van der Waals surface area contributed by atoms with Crippen molar-refractivity contribution in [2.75, 3.05) is 7.11 Å². The number of nitrogens with two attached hydrogens (primary N) is 1. The Labute approximate surface area is 156 Å². The Morgan fingerprint density at radius 3 is 2.35 bits per heavy atom. The molecule has 1 atom stereocenters. The fourth-order valence-electron chi connectivity index (χ4n) is 2.43. The molecule has 0 bridgehead atoms. The zero-order valence-electron chi connectivity index (χ0n) is 12.7. The van der Waals surface area contributed by atoms with Crippen molar-refractivity contribution >= 4 is 51.8 Å². The predicted molar refractivity (Wildman–Crippen MR) is 102 cm³/mol. The van der Waals surface area contributed by atoms with Crippen molar-refractivity contribution in [2.45, 2.75) is 13.0 Å². The number of halogens is 3. The first-order valence-electron chi connectivity index (χ1n) is 6.69. The van der Waals surface area contributed by atoms with Gasteiger partial charge in [0.2, 0.25) is 0 Å². The van der Waals surface area contributed by atoms with Crippen LogP contribution in [0.3, 0.4) is 0 Å². The summed E-state index contributed by atoms with van der Waals surface area (Å²) in [6, 6.07) is 13.8. The second kappa shape index (κ2) is 8.02. The molecule has 0 spiro atoms. The molecule has 0 aliphatic heterocycles. The summed E-state index contributed by atoms with van der Waals surface area (Å²) < 4.78 is 8.35. The van der Waals surface area contributed by atoms with E-state index in [4.69, 9.17) is 10.5 Å². The van der Waals surface area contributed by atoms with Crippen LogP contribution in [0.25, 0.3) is 16.7 Å². The van der Waals surface area contributed by atoms with Gasteiger partial charge in [0.15, 0.2) is 0 Å². The van der Waals surface area contributed by atoms with E-state index >= 15 is 0 Å². The molecule has 0 aliphatic rings. The van der Waals surface area contributed by atoms with Gasteiger partial charge in [-0.2, -0.15) is 0 Å². The first-order valence-corrected chi connectivity index (χ1v) is 7.48. The zero-order valence-corrected chi connectivity index (χ0v) is 15.9. The van der Waals surface area contributed by atoms with Gasteiger partial charge in [-0.1, -0.05) is 18.2 Å². The molecule has 23 heavy (non-hydrogen) atoms. The van der Waals surface area contributed by atoms with Gasteiger partial charge in [0.1, 0.15) is 11.6 Å². The Kier molecular flexibility index (Phi) is 6.89. The van der Waals surface area contributed by atoms with E-state index in [1.54, 1.807) is 7.11 Å². The maximum Gasteiger partial charge on any atom is 0.135 e. The first kappa shape index (κ1) is 19.8. The summed E-state index contributed by atoms with van der Waals surface area (Å²) in [7, 11) is 1.65. The van der Waals surface area contributed by atoms with Gasteiger partial charge in [0.05, 0.1) is 28.7 Å². The molecule has 2 N–H and O–H groups in total. The number of methoxy groups -OCH3 is 1. The smallest absolute Gasteiger partial charge is 0.135 e. The molecule has 0 radical (unpaired) electrons. The molecule has 1 aromatic heterocycles. The average Bonchev–Trinajstić information content (AvgIpc) is 2.89. The largest absolute Gasteiger partial charge is 0.495 e. The minimum Gasteiger partial charge on any atom is -0.495 e. The number of hydrogen-bond donors (Lipinski definition) is 1. The van der Waals surface area contributed by atoms with Crippen molar-refractivity contribution in [2.24, 2.45) is 5.73 Å². The van der Waals surface area contributed by atoms with Crippen LogP contribution in [-0.4, -0.2) is 16.7 Å². The summed E-state index contributed by atoms with van der Waals surface area (Å²) in [5.74, 6) is 1.60. The van der Waals surface area contributed by atoms with Crippen LogP contribution in [0.1, 0.15) is 18.8 Å². The lowest BCUT2D eigenvalue weighted by Crippen LogP contribution is -2.12. The SMILES string of the molecule is COc1ccc2nc([C@H](C)N)n(-c3ccccc3)c2c1Br.Cl.Cl. The number of hydrogen-bond acceptors (Lipinski definition) is 3. The average molecular weight is 419 g/mol. The number of benzene rings is 2. The van der Waals surface area contributed by atoms with Crippen LogP contribution in [0, 0.1) is 0 Å². The lowest BCUT2D eigenvalue weighted by atomic mass is 10.2. The van der Waals surface area contributed by atoms with Crippen LogP contribution in [0.4, 0.5) is 0 Å². The van der Waals surface area contributed by atoms with Gasteiger partial charge < -0.3 is 10.5 Å². The highest BCUT2D eigenvalue weighted by Gasteiger charge is 2.19. The molecule has 0 fully saturated rings. The van der Waals surface area contributed by atoms with Crippen LogP contribution >= 0.6 is 40.7 Å². The van der Waals surface area contributed by atoms with E-state index in [9.17, 15) is 0 Å². The number of nitrogens with zero attached hydrogens (tertiary/aromatic N) is 2. The van der Waals surface area contributed by atoms with E-state index < -0.39 is 0 Å². The summed E-state index contributed by atoms with van der Waals surface area (Å²) in [4.78, 5) is 4.68. The predicted octanol–water partition coefficient (Wildman–Crippen LogP) is 4.66. The van der Waals surface area contributed by atoms with Crippen molar-refractivity contribution in [3.63, 3.8) is 0 Å². The number of fused-ring (bicyclic) bond motifs is 1. The molecule has 0 saturated heterocycles. The van der Waals surface area contributed by atoms with Crippen LogP contribution in [0.5, 0.6) is 5.75 Å². The Morgan fingerprint density at radius 2 is 1.78 bits per heavy atom. The fraction of sp³-hybridized carbons (Fsp3) is 0.188. The van der Waals surface area contributed by atoms with Gasteiger partial charge in [-0.05, 0) is 47.1 Å². The number of para-hydroxylation sites is 1. The van der Waals surface area contributed by atoms with Crippen molar-refractivity contribution < 1.29 is 4.74 Å². The van der Waals surface area contributed by atoms with Gasteiger partial charge in [-0.15, -0.1) is 24.8 Å². The molecule has 3 rings (SSSR count). The topological polar surface area (TPSA) is 53.1 Å². The van der Waals surface area contributed by atoms with E-state index in [0.717, 1.165) is 32.8 Å². The standard InChI is InChI=1S/C16H16BrN3O.2ClH/c1-10(18)16-19-12-8-9-13(21-2)14(17)15(12)20(16)11-6-4-3-5-7-11;;/h3-10H,18H2,1-2H3;2*1H/t10-;;/m0../s1. The van der Waals surface area contributed by atoms with Gasteiger partial charge in [0, 0.05) is 5.69 Å². The second-order valence-corrected chi connectivity index (χ2v) is 5.67. The summed E-state index contributed by atoms with van der Waals surface area (Å²) >= 11 is 3.63. The van der Waals surface area contributed by atoms with E-state index in [1.807, 2.05) is 49.4 Å². The van der Waals surface area contributed by atoms with Crippen molar-refractivity contribution in [1.82, 2.24) is 9.55 Å². The van der Waals surface area contributed by atoms with Gasteiger partial charge in [0.25, 0.3) is 0 Å². The van der Waals surface area contributed by atoms with E-state index in [2.05, 4.69) is 25.5 Å². The van der Waals surface area contributed by atoms with Gasteiger partial charge in [-0.3, -0.25) is 4.57 Å². The first-order chi connectivity index (χ1) is 10.1. The lowest BCUT2D eigenvalue weighted by molar-refractivity contribution is 0.412. The Bertz CT molecular complexity index is 791. The summed E-state index contributed by atoms with van der Waals surface area (Å²) in [5.41, 5.74) is 8.99. The van der Waals surface area contributed by atoms with Crippen molar-refractivity contribution in [3.8, 4) is 11.4 Å². The fourth-order valence-corrected chi connectivity index (χ4v) is 3.10. The van der Waals surface area contributed by atoms with Crippen molar-refractivity contribution in [1.29, 1.82) is 0 Å². The highest BCUT2D eigenvalue weighted by molar-refractivity contribution is 9.10. The van der Waals surface area contributed by atoms with Crippen LogP contribution in [0.2, 0.25) is 0 Å². The summed E-state index contributed by atoms with van der Waals surface area (Å²) in [6.07, 6.45) is 0. The summed E-state index contributed by atoms with van der Waals surface area (Å²) in [5, 5.41) is 0. The molecule has 0 saturated carbocycles. The van der Waals surface area contributed by atoms with Gasteiger partial charge >= 0.3 is 0 Å². The molecule has 1 heterocycles.